The van der Waals surface area contributed by atoms with Gasteiger partial charge in [0.1, 0.15) is 0 Å². The summed E-state index contributed by atoms with van der Waals surface area (Å²) in [6.45, 7) is 4.02. The molecule has 1 amide bonds. The molecule has 1 aromatic heterocycles. The normalized spacial score (nSPS) is 16.7. The molecule has 0 radical (unpaired) electrons. The summed E-state index contributed by atoms with van der Waals surface area (Å²) in [5, 5.41) is 7.42. The van der Waals surface area contributed by atoms with E-state index in [-0.39, 0.29) is 5.91 Å². The lowest BCUT2D eigenvalue weighted by Crippen LogP contribution is -2.38. The van der Waals surface area contributed by atoms with Crippen molar-refractivity contribution in [3.05, 3.63) is 47.3 Å². The number of anilines is 1. The van der Waals surface area contributed by atoms with E-state index in [4.69, 9.17) is 0 Å². The van der Waals surface area contributed by atoms with Crippen LogP contribution in [0.2, 0.25) is 0 Å². The van der Waals surface area contributed by atoms with E-state index in [9.17, 15) is 4.79 Å². The first-order chi connectivity index (χ1) is 10.5. The average molecular weight is 297 g/mol. The number of rotatable bonds is 3. The number of amides is 1. The monoisotopic (exact) mass is 297 g/mol. The highest BCUT2D eigenvalue weighted by atomic mass is 16.2. The van der Waals surface area contributed by atoms with Crippen LogP contribution in [-0.2, 0) is 17.3 Å². The molecule has 1 aliphatic carbocycles. The topological polar surface area (TPSA) is 46.9 Å². The van der Waals surface area contributed by atoms with E-state index in [1.807, 2.05) is 32.3 Å². The zero-order valence-corrected chi connectivity index (χ0v) is 13.5. The molecule has 0 atom stereocenters. The molecule has 0 saturated heterocycles. The van der Waals surface area contributed by atoms with E-state index < -0.39 is 5.41 Å². The van der Waals surface area contributed by atoms with Crippen molar-refractivity contribution in [2.75, 3.05) is 5.32 Å². The van der Waals surface area contributed by atoms with Crippen LogP contribution in [0.5, 0.6) is 0 Å². The molecule has 1 aromatic carbocycles. The third kappa shape index (κ3) is 2.43. The minimum absolute atomic E-state index is 0.107. The SMILES string of the molecule is Cc1ccccc1C1(C(=O)Nc2cn(C)nc2C)CCCC1. The number of carbonyl (C=O) groups excluding carboxylic acids is 1. The van der Waals surface area contributed by atoms with Crippen molar-refractivity contribution in [2.45, 2.75) is 44.9 Å². The third-order valence-corrected chi connectivity index (χ3v) is 4.81. The quantitative estimate of drug-likeness (QED) is 0.942. The van der Waals surface area contributed by atoms with Crippen LogP contribution in [0.4, 0.5) is 5.69 Å². The lowest BCUT2D eigenvalue weighted by molar-refractivity contribution is -0.121. The van der Waals surface area contributed by atoms with Gasteiger partial charge < -0.3 is 5.32 Å². The fourth-order valence-corrected chi connectivity index (χ4v) is 3.67. The number of hydrogen-bond acceptors (Lipinski definition) is 2. The van der Waals surface area contributed by atoms with Gasteiger partial charge in [-0.25, -0.2) is 0 Å². The van der Waals surface area contributed by atoms with Gasteiger partial charge in [-0.2, -0.15) is 5.10 Å². The first kappa shape index (κ1) is 14.8. The van der Waals surface area contributed by atoms with Gasteiger partial charge in [0.15, 0.2) is 0 Å². The van der Waals surface area contributed by atoms with Gasteiger partial charge >= 0.3 is 0 Å². The first-order valence-corrected chi connectivity index (χ1v) is 7.91. The summed E-state index contributed by atoms with van der Waals surface area (Å²) in [5.74, 6) is 0.107. The second-order valence-corrected chi connectivity index (χ2v) is 6.36. The van der Waals surface area contributed by atoms with Gasteiger partial charge in [0.2, 0.25) is 5.91 Å². The lowest BCUT2D eigenvalue weighted by atomic mass is 9.76. The lowest BCUT2D eigenvalue weighted by Gasteiger charge is -2.29. The van der Waals surface area contributed by atoms with Crippen LogP contribution >= 0.6 is 0 Å². The molecular formula is C18H23N3O. The summed E-state index contributed by atoms with van der Waals surface area (Å²) in [6, 6.07) is 8.27. The van der Waals surface area contributed by atoms with Crippen LogP contribution in [0, 0.1) is 13.8 Å². The van der Waals surface area contributed by atoms with Crippen LogP contribution < -0.4 is 5.32 Å². The van der Waals surface area contributed by atoms with Crippen molar-refractivity contribution >= 4 is 11.6 Å². The second-order valence-electron chi connectivity index (χ2n) is 6.36. The van der Waals surface area contributed by atoms with Gasteiger partial charge in [0.05, 0.1) is 16.8 Å². The fraction of sp³-hybridized carbons (Fsp3) is 0.444. The van der Waals surface area contributed by atoms with E-state index in [0.717, 1.165) is 37.1 Å². The molecule has 116 valence electrons. The molecule has 1 fully saturated rings. The Balaban J connectivity index is 1.96. The predicted octanol–water partition coefficient (Wildman–Crippen LogP) is 3.49. The summed E-state index contributed by atoms with van der Waals surface area (Å²) in [7, 11) is 1.87. The second kappa shape index (κ2) is 5.59. The van der Waals surface area contributed by atoms with Crippen LogP contribution in [0.15, 0.2) is 30.5 Å². The highest BCUT2D eigenvalue weighted by molar-refractivity contribution is 6.00. The van der Waals surface area contributed by atoms with E-state index >= 15 is 0 Å². The molecule has 0 bridgehead atoms. The highest BCUT2D eigenvalue weighted by Gasteiger charge is 2.43. The van der Waals surface area contributed by atoms with Crippen molar-refractivity contribution in [2.24, 2.45) is 7.05 Å². The van der Waals surface area contributed by atoms with Gasteiger partial charge in [-0.15, -0.1) is 0 Å². The van der Waals surface area contributed by atoms with Crippen LogP contribution in [0.1, 0.15) is 42.5 Å². The Morgan fingerprint density at radius 1 is 1.23 bits per heavy atom. The Bertz CT molecular complexity index is 696. The molecule has 22 heavy (non-hydrogen) atoms. The zero-order chi connectivity index (χ0) is 15.7. The molecule has 4 nitrogen and oxygen atoms in total. The average Bonchev–Trinajstić information content (AvgIpc) is 3.08. The van der Waals surface area contributed by atoms with Crippen LogP contribution in [-0.4, -0.2) is 15.7 Å². The summed E-state index contributed by atoms with van der Waals surface area (Å²) in [4.78, 5) is 13.1. The summed E-state index contributed by atoms with van der Waals surface area (Å²) in [6.07, 6.45) is 5.92. The number of carbonyl (C=O) groups is 1. The largest absolute Gasteiger partial charge is 0.322 e. The Morgan fingerprint density at radius 3 is 2.50 bits per heavy atom. The molecule has 0 unspecified atom stereocenters. The van der Waals surface area contributed by atoms with Crippen molar-refractivity contribution in [1.29, 1.82) is 0 Å². The molecule has 1 heterocycles. The van der Waals surface area contributed by atoms with Crippen molar-refractivity contribution in [1.82, 2.24) is 9.78 Å². The maximum absolute atomic E-state index is 13.1. The van der Waals surface area contributed by atoms with E-state index in [1.54, 1.807) is 4.68 Å². The summed E-state index contributed by atoms with van der Waals surface area (Å²) >= 11 is 0. The van der Waals surface area contributed by atoms with Gasteiger partial charge in [-0.1, -0.05) is 37.1 Å². The molecular weight excluding hydrogens is 274 g/mol. The maximum Gasteiger partial charge on any atom is 0.235 e. The molecule has 4 heteroatoms. The number of aryl methyl sites for hydroxylation is 3. The Labute approximate surface area is 131 Å². The molecule has 2 aromatic rings. The first-order valence-electron chi connectivity index (χ1n) is 7.91. The molecule has 0 spiro atoms. The molecule has 0 aliphatic heterocycles. The minimum Gasteiger partial charge on any atom is -0.322 e. The van der Waals surface area contributed by atoms with Gasteiger partial charge in [-0.05, 0) is 37.8 Å². The van der Waals surface area contributed by atoms with Crippen LogP contribution in [0.25, 0.3) is 0 Å². The Hall–Kier alpha value is -2.10. The van der Waals surface area contributed by atoms with Crippen molar-refractivity contribution in [3.8, 4) is 0 Å². The molecule has 3 rings (SSSR count). The summed E-state index contributed by atoms with van der Waals surface area (Å²) < 4.78 is 1.74. The smallest absolute Gasteiger partial charge is 0.235 e. The summed E-state index contributed by atoms with van der Waals surface area (Å²) in [5.41, 5.74) is 3.64. The van der Waals surface area contributed by atoms with E-state index in [2.05, 4.69) is 29.5 Å². The van der Waals surface area contributed by atoms with Crippen LogP contribution in [0.3, 0.4) is 0 Å². The van der Waals surface area contributed by atoms with E-state index in [1.165, 1.54) is 11.1 Å². The maximum atomic E-state index is 13.1. The molecule has 1 aliphatic rings. The fourth-order valence-electron chi connectivity index (χ4n) is 3.67. The van der Waals surface area contributed by atoms with Crippen molar-refractivity contribution < 1.29 is 4.79 Å². The number of hydrogen-bond donors (Lipinski definition) is 1. The van der Waals surface area contributed by atoms with Crippen molar-refractivity contribution in [3.63, 3.8) is 0 Å². The zero-order valence-electron chi connectivity index (χ0n) is 13.5. The standard InChI is InChI=1S/C18H23N3O/c1-13-8-4-5-9-15(13)18(10-6-7-11-18)17(22)19-16-12-21(3)20-14(16)2/h4-5,8-9,12H,6-7,10-11H2,1-3H3,(H,19,22). The van der Waals surface area contributed by atoms with Gasteiger partial charge in [-0.3, -0.25) is 9.48 Å². The number of nitrogens with one attached hydrogen (secondary N) is 1. The predicted molar refractivity (Wildman–Crippen MR) is 87.9 cm³/mol. The highest BCUT2D eigenvalue weighted by Crippen LogP contribution is 2.43. The number of benzene rings is 1. The number of aromatic nitrogens is 2. The number of nitrogens with zero attached hydrogens (tertiary/aromatic N) is 2. The molecule has 1 N–H and O–H groups in total. The van der Waals surface area contributed by atoms with E-state index in [0.29, 0.717) is 0 Å². The minimum atomic E-state index is -0.395. The Kier molecular flexibility index (Phi) is 3.77. The third-order valence-electron chi connectivity index (χ3n) is 4.81. The van der Waals surface area contributed by atoms with Gasteiger partial charge in [0.25, 0.3) is 0 Å². The van der Waals surface area contributed by atoms with Gasteiger partial charge in [0, 0.05) is 13.2 Å². The molecule has 1 saturated carbocycles. The Morgan fingerprint density at radius 2 is 1.91 bits per heavy atom.